The summed E-state index contributed by atoms with van der Waals surface area (Å²) in [5.41, 5.74) is 0.234. The van der Waals surface area contributed by atoms with Crippen molar-refractivity contribution in [2.75, 3.05) is 0 Å². The first-order valence-electron chi connectivity index (χ1n) is 3.25. The molecule has 0 amide bonds. The van der Waals surface area contributed by atoms with Crippen LogP contribution in [0.1, 0.15) is 17.3 Å². The van der Waals surface area contributed by atoms with Crippen LogP contribution >= 0.6 is 22.6 Å². The predicted molar refractivity (Wildman–Crippen MR) is 52.5 cm³/mol. The smallest absolute Gasteiger partial charge is 0.163 e. The van der Waals surface area contributed by atoms with Gasteiger partial charge in [0.2, 0.25) is 0 Å². The summed E-state index contributed by atoms with van der Waals surface area (Å²) in [5, 5.41) is 18.3. The van der Waals surface area contributed by atoms with Gasteiger partial charge in [-0.05, 0) is 35.6 Å². The van der Waals surface area contributed by atoms with Gasteiger partial charge in [0.15, 0.2) is 5.78 Å². The summed E-state index contributed by atoms with van der Waals surface area (Å²) in [5.74, 6) is -0.413. The van der Waals surface area contributed by atoms with Crippen molar-refractivity contribution in [3.8, 4) is 11.5 Å². The SMILES string of the molecule is CC(=O)c1cc(I)c(O)cc1O. The molecule has 0 saturated carbocycles. The fourth-order valence-electron chi connectivity index (χ4n) is 0.833. The maximum atomic E-state index is 10.9. The monoisotopic (exact) mass is 278 g/mol. The number of aromatic hydroxyl groups is 2. The van der Waals surface area contributed by atoms with E-state index in [1.54, 1.807) is 0 Å². The van der Waals surface area contributed by atoms with E-state index in [1.807, 2.05) is 22.6 Å². The molecule has 0 unspecified atom stereocenters. The normalized spacial score (nSPS) is 9.83. The number of carbonyl (C=O) groups excluding carboxylic acids is 1. The van der Waals surface area contributed by atoms with Crippen LogP contribution in [0.4, 0.5) is 0 Å². The molecule has 0 radical (unpaired) electrons. The molecule has 64 valence electrons. The Morgan fingerprint density at radius 3 is 2.42 bits per heavy atom. The van der Waals surface area contributed by atoms with Crippen molar-refractivity contribution in [3.05, 3.63) is 21.3 Å². The van der Waals surface area contributed by atoms with Crippen LogP contribution in [0.2, 0.25) is 0 Å². The Hall–Kier alpha value is -0.780. The van der Waals surface area contributed by atoms with Crippen LogP contribution in [0.5, 0.6) is 11.5 Å². The molecule has 1 aromatic carbocycles. The van der Waals surface area contributed by atoms with E-state index in [9.17, 15) is 9.90 Å². The fraction of sp³-hybridized carbons (Fsp3) is 0.125. The Labute approximate surface area is 83.2 Å². The first-order valence-corrected chi connectivity index (χ1v) is 4.32. The molecule has 0 spiro atoms. The second-order valence-electron chi connectivity index (χ2n) is 2.38. The van der Waals surface area contributed by atoms with Gasteiger partial charge in [-0.1, -0.05) is 0 Å². The van der Waals surface area contributed by atoms with Crippen molar-refractivity contribution in [1.29, 1.82) is 0 Å². The highest BCUT2D eigenvalue weighted by molar-refractivity contribution is 14.1. The van der Waals surface area contributed by atoms with Crippen molar-refractivity contribution in [1.82, 2.24) is 0 Å². The lowest BCUT2D eigenvalue weighted by molar-refractivity contribution is 0.101. The predicted octanol–water partition coefficient (Wildman–Crippen LogP) is 1.90. The molecule has 0 aromatic heterocycles. The van der Waals surface area contributed by atoms with E-state index in [0.29, 0.717) is 3.57 Å². The van der Waals surface area contributed by atoms with Crippen molar-refractivity contribution in [2.24, 2.45) is 0 Å². The molecular formula is C8H7IO3. The molecule has 3 nitrogen and oxygen atoms in total. The number of benzene rings is 1. The second-order valence-corrected chi connectivity index (χ2v) is 3.54. The van der Waals surface area contributed by atoms with Gasteiger partial charge in [-0.2, -0.15) is 0 Å². The van der Waals surface area contributed by atoms with Gasteiger partial charge in [-0.15, -0.1) is 0 Å². The molecule has 0 aliphatic heterocycles. The second kappa shape index (κ2) is 3.30. The average molecular weight is 278 g/mol. The average Bonchev–Trinajstić information content (AvgIpc) is 1.96. The molecule has 0 bridgehead atoms. The van der Waals surface area contributed by atoms with Crippen LogP contribution in [0.25, 0.3) is 0 Å². The Morgan fingerprint density at radius 2 is 1.92 bits per heavy atom. The van der Waals surface area contributed by atoms with E-state index in [2.05, 4.69) is 0 Å². The first-order chi connectivity index (χ1) is 5.52. The molecular weight excluding hydrogens is 271 g/mol. The van der Waals surface area contributed by atoms with Crippen LogP contribution in [0.3, 0.4) is 0 Å². The van der Waals surface area contributed by atoms with Crippen LogP contribution in [-0.2, 0) is 0 Å². The molecule has 0 saturated heterocycles. The highest BCUT2D eigenvalue weighted by Gasteiger charge is 2.09. The van der Waals surface area contributed by atoms with E-state index in [-0.39, 0.29) is 22.8 Å². The number of ketones is 1. The largest absolute Gasteiger partial charge is 0.507 e. The number of phenolic OH excluding ortho intramolecular Hbond substituents is 2. The number of hydrogen-bond donors (Lipinski definition) is 2. The molecule has 0 aliphatic carbocycles. The maximum absolute atomic E-state index is 10.9. The van der Waals surface area contributed by atoms with Gasteiger partial charge in [0.25, 0.3) is 0 Å². The van der Waals surface area contributed by atoms with Crippen molar-refractivity contribution >= 4 is 28.4 Å². The zero-order valence-corrected chi connectivity index (χ0v) is 8.49. The zero-order valence-electron chi connectivity index (χ0n) is 6.34. The van der Waals surface area contributed by atoms with Gasteiger partial charge in [0, 0.05) is 6.07 Å². The Kier molecular flexibility index (Phi) is 2.56. The van der Waals surface area contributed by atoms with E-state index in [4.69, 9.17) is 5.11 Å². The molecule has 0 aliphatic rings. The van der Waals surface area contributed by atoms with Gasteiger partial charge in [0.05, 0.1) is 9.13 Å². The first kappa shape index (κ1) is 9.31. The van der Waals surface area contributed by atoms with Gasteiger partial charge in [0.1, 0.15) is 11.5 Å². The molecule has 4 heteroatoms. The van der Waals surface area contributed by atoms with Gasteiger partial charge >= 0.3 is 0 Å². The lowest BCUT2D eigenvalue weighted by atomic mass is 10.1. The molecule has 12 heavy (non-hydrogen) atoms. The third-order valence-corrected chi connectivity index (χ3v) is 2.31. The Morgan fingerprint density at radius 1 is 1.33 bits per heavy atom. The van der Waals surface area contributed by atoms with E-state index in [0.717, 1.165) is 0 Å². The van der Waals surface area contributed by atoms with Crippen LogP contribution in [0.15, 0.2) is 12.1 Å². The Balaban J connectivity index is 3.33. The summed E-state index contributed by atoms with van der Waals surface area (Å²) in [4.78, 5) is 10.9. The molecule has 1 rings (SSSR count). The summed E-state index contributed by atoms with van der Waals surface area (Å²) in [7, 11) is 0. The highest BCUT2D eigenvalue weighted by Crippen LogP contribution is 2.28. The number of carbonyl (C=O) groups is 1. The summed E-state index contributed by atoms with van der Waals surface area (Å²) < 4.78 is 0.551. The minimum absolute atomic E-state index is 0.0156. The minimum Gasteiger partial charge on any atom is -0.507 e. The van der Waals surface area contributed by atoms with Crippen molar-refractivity contribution in [3.63, 3.8) is 0 Å². The quantitative estimate of drug-likeness (QED) is 0.609. The summed E-state index contributed by atoms with van der Waals surface area (Å²) in [6.07, 6.45) is 0. The third-order valence-electron chi connectivity index (χ3n) is 1.44. The summed E-state index contributed by atoms with van der Waals surface area (Å²) in [6.45, 7) is 1.36. The minimum atomic E-state index is -0.217. The topological polar surface area (TPSA) is 57.5 Å². The van der Waals surface area contributed by atoms with Crippen LogP contribution < -0.4 is 0 Å². The molecule has 1 aromatic rings. The van der Waals surface area contributed by atoms with Gasteiger partial charge < -0.3 is 10.2 Å². The van der Waals surface area contributed by atoms with Crippen LogP contribution in [-0.4, -0.2) is 16.0 Å². The molecule has 0 atom stereocenters. The van der Waals surface area contributed by atoms with Gasteiger partial charge in [-0.25, -0.2) is 0 Å². The molecule has 0 heterocycles. The van der Waals surface area contributed by atoms with E-state index < -0.39 is 0 Å². The van der Waals surface area contributed by atoms with Gasteiger partial charge in [-0.3, -0.25) is 4.79 Å². The standard InChI is InChI=1S/C8H7IO3/c1-4(10)5-2-6(9)8(12)3-7(5)11/h2-3,11-12H,1H3. The Bertz CT molecular complexity index is 333. The highest BCUT2D eigenvalue weighted by atomic mass is 127. The van der Waals surface area contributed by atoms with Crippen molar-refractivity contribution in [2.45, 2.75) is 6.92 Å². The number of phenols is 2. The summed E-state index contributed by atoms with van der Waals surface area (Å²) in [6, 6.07) is 2.62. The molecule has 2 N–H and O–H groups in total. The fourth-order valence-corrected chi connectivity index (χ4v) is 1.30. The lowest BCUT2D eigenvalue weighted by Gasteiger charge is -2.02. The number of hydrogen-bond acceptors (Lipinski definition) is 3. The lowest BCUT2D eigenvalue weighted by Crippen LogP contribution is -1.93. The van der Waals surface area contributed by atoms with Crippen LogP contribution in [0, 0.1) is 3.57 Å². The summed E-state index contributed by atoms with van der Waals surface area (Å²) >= 11 is 1.89. The van der Waals surface area contributed by atoms with Crippen molar-refractivity contribution < 1.29 is 15.0 Å². The maximum Gasteiger partial charge on any atom is 0.163 e. The van der Waals surface area contributed by atoms with E-state index in [1.165, 1.54) is 19.1 Å². The third kappa shape index (κ3) is 1.69. The number of Topliss-reactive ketones (excluding diaryl/α,β-unsaturated/α-hetero) is 1. The van der Waals surface area contributed by atoms with E-state index >= 15 is 0 Å². The molecule has 0 fully saturated rings. The zero-order chi connectivity index (χ0) is 9.30. The number of rotatable bonds is 1. The number of halogens is 1.